The van der Waals surface area contributed by atoms with Crippen LogP contribution in [0.25, 0.3) is 16.2 Å². The monoisotopic (exact) mass is 322 g/mol. The van der Waals surface area contributed by atoms with Crippen molar-refractivity contribution < 1.29 is 0 Å². The van der Waals surface area contributed by atoms with Gasteiger partial charge in [0.05, 0.1) is 0 Å². The van der Waals surface area contributed by atoms with Crippen LogP contribution in [0.15, 0.2) is 47.8 Å². The molecule has 1 aromatic carbocycles. The SMILES string of the molecule is N#Cc1c(-c2ccccc2)nc2sc(Cc3cccs3)nn12. The van der Waals surface area contributed by atoms with E-state index < -0.39 is 0 Å². The van der Waals surface area contributed by atoms with Crippen molar-refractivity contribution in [3.8, 4) is 17.3 Å². The van der Waals surface area contributed by atoms with E-state index in [1.54, 1.807) is 15.9 Å². The van der Waals surface area contributed by atoms with Crippen LogP contribution in [-0.4, -0.2) is 14.6 Å². The van der Waals surface area contributed by atoms with Crippen LogP contribution >= 0.6 is 22.7 Å². The Labute approximate surface area is 134 Å². The lowest BCUT2D eigenvalue weighted by atomic mass is 10.1. The normalized spacial score (nSPS) is 10.9. The summed E-state index contributed by atoms with van der Waals surface area (Å²) in [6, 6.07) is 16.1. The maximum Gasteiger partial charge on any atom is 0.214 e. The first kappa shape index (κ1) is 13.2. The summed E-state index contributed by atoms with van der Waals surface area (Å²) in [4.78, 5) is 6.63. The second-order valence-electron chi connectivity index (χ2n) is 4.73. The Hall–Kier alpha value is -2.49. The highest BCUT2D eigenvalue weighted by Crippen LogP contribution is 2.27. The predicted molar refractivity (Wildman–Crippen MR) is 88.1 cm³/mol. The lowest BCUT2D eigenvalue weighted by Crippen LogP contribution is -1.92. The van der Waals surface area contributed by atoms with E-state index >= 15 is 0 Å². The van der Waals surface area contributed by atoms with Crippen LogP contribution in [0.5, 0.6) is 0 Å². The molecule has 106 valence electrons. The van der Waals surface area contributed by atoms with E-state index in [1.165, 1.54) is 16.2 Å². The number of hydrogen-bond acceptors (Lipinski definition) is 5. The number of hydrogen-bond donors (Lipinski definition) is 0. The van der Waals surface area contributed by atoms with Gasteiger partial charge in [0, 0.05) is 16.9 Å². The Bertz CT molecular complexity index is 959. The third-order valence-corrected chi connectivity index (χ3v) is 5.09. The van der Waals surface area contributed by atoms with E-state index in [0.717, 1.165) is 22.0 Å². The van der Waals surface area contributed by atoms with Crippen LogP contribution in [-0.2, 0) is 6.42 Å². The molecule has 3 heterocycles. The molecule has 0 aliphatic heterocycles. The first-order chi connectivity index (χ1) is 10.8. The number of imidazole rings is 1. The molecule has 0 bridgehead atoms. The van der Waals surface area contributed by atoms with Gasteiger partial charge in [0.25, 0.3) is 0 Å². The van der Waals surface area contributed by atoms with Crippen LogP contribution in [0.2, 0.25) is 0 Å². The molecule has 0 saturated carbocycles. The van der Waals surface area contributed by atoms with Crippen molar-refractivity contribution in [1.29, 1.82) is 5.26 Å². The third kappa shape index (κ3) is 2.21. The predicted octanol–water partition coefficient (Wildman–Crippen LogP) is 3.98. The topological polar surface area (TPSA) is 54.0 Å². The van der Waals surface area contributed by atoms with Crippen LogP contribution in [0.1, 0.15) is 15.6 Å². The molecule has 0 unspecified atom stereocenters. The molecule has 4 rings (SSSR count). The van der Waals surface area contributed by atoms with E-state index in [1.807, 2.05) is 36.4 Å². The van der Waals surface area contributed by atoms with Crippen molar-refractivity contribution in [3.05, 3.63) is 63.4 Å². The van der Waals surface area contributed by atoms with Crippen LogP contribution in [0.3, 0.4) is 0 Å². The average Bonchev–Trinajstić information content (AvgIpc) is 3.24. The van der Waals surface area contributed by atoms with Crippen molar-refractivity contribution >= 4 is 27.6 Å². The minimum atomic E-state index is 0.495. The molecular weight excluding hydrogens is 312 g/mol. The fourth-order valence-electron chi connectivity index (χ4n) is 2.32. The molecule has 6 heteroatoms. The molecule has 0 aliphatic carbocycles. The van der Waals surface area contributed by atoms with Gasteiger partial charge in [-0.1, -0.05) is 47.7 Å². The van der Waals surface area contributed by atoms with Crippen molar-refractivity contribution in [1.82, 2.24) is 14.6 Å². The second kappa shape index (κ2) is 5.37. The molecule has 0 N–H and O–H groups in total. The Morgan fingerprint density at radius 2 is 2.00 bits per heavy atom. The highest BCUT2D eigenvalue weighted by atomic mass is 32.1. The Kier molecular flexibility index (Phi) is 3.22. The minimum absolute atomic E-state index is 0.495. The van der Waals surface area contributed by atoms with Gasteiger partial charge in [-0.2, -0.15) is 14.9 Å². The second-order valence-corrected chi connectivity index (χ2v) is 6.81. The number of fused-ring (bicyclic) bond motifs is 1. The first-order valence-corrected chi connectivity index (χ1v) is 8.41. The number of rotatable bonds is 3. The maximum absolute atomic E-state index is 9.49. The standard InChI is InChI=1S/C16H10N4S2/c17-10-13-15(11-5-2-1-3-6-11)18-16-20(13)19-14(22-16)9-12-7-4-8-21-12/h1-8H,9H2. The molecule has 0 aliphatic rings. The summed E-state index contributed by atoms with van der Waals surface area (Å²) < 4.78 is 1.66. The number of nitrogens with zero attached hydrogens (tertiary/aromatic N) is 4. The summed E-state index contributed by atoms with van der Waals surface area (Å²) in [5, 5.41) is 17.1. The zero-order chi connectivity index (χ0) is 14.9. The molecule has 3 aromatic heterocycles. The molecule has 0 saturated heterocycles. The van der Waals surface area contributed by atoms with Crippen molar-refractivity contribution in [2.24, 2.45) is 0 Å². The van der Waals surface area contributed by atoms with E-state index in [4.69, 9.17) is 0 Å². The number of nitriles is 1. The molecule has 0 radical (unpaired) electrons. The van der Waals surface area contributed by atoms with Gasteiger partial charge in [0.2, 0.25) is 4.96 Å². The van der Waals surface area contributed by atoms with E-state index in [-0.39, 0.29) is 0 Å². The number of benzene rings is 1. The first-order valence-electron chi connectivity index (χ1n) is 6.71. The largest absolute Gasteiger partial charge is 0.216 e. The smallest absolute Gasteiger partial charge is 0.214 e. The zero-order valence-electron chi connectivity index (χ0n) is 11.4. The fourth-order valence-corrected chi connectivity index (χ4v) is 4.04. The summed E-state index contributed by atoms with van der Waals surface area (Å²) >= 11 is 3.25. The highest BCUT2D eigenvalue weighted by molar-refractivity contribution is 7.17. The van der Waals surface area contributed by atoms with Crippen LogP contribution < -0.4 is 0 Å². The number of aromatic nitrogens is 3. The summed E-state index contributed by atoms with van der Waals surface area (Å²) in [7, 11) is 0. The van der Waals surface area contributed by atoms with Gasteiger partial charge < -0.3 is 0 Å². The zero-order valence-corrected chi connectivity index (χ0v) is 13.1. The van der Waals surface area contributed by atoms with E-state index in [9.17, 15) is 5.26 Å². The fraction of sp³-hybridized carbons (Fsp3) is 0.0625. The van der Waals surface area contributed by atoms with Gasteiger partial charge in [-0.05, 0) is 11.4 Å². The van der Waals surface area contributed by atoms with Gasteiger partial charge in [-0.3, -0.25) is 0 Å². The van der Waals surface area contributed by atoms with Crippen molar-refractivity contribution in [2.75, 3.05) is 0 Å². The molecule has 0 amide bonds. The van der Waals surface area contributed by atoms with Crippen molar-refractivity contribution in [2.45, 2.75) is 6.42 Å². The van der Waals surface area contributed by atoms with Crippen molar-refractivity contribution in [3.63, 3.8) is 0 Å². The quantitative estimate of drug-likeness (QED) is 0.573. The van der Waals surface area contributed by atoms with Gasteiger partial charge in [-0.25, -0.2) is 4.98 Å². The Balaban J connectivity index is 1.79. The molecule has 4 aromatic rings. The summed E-state index contributed by atoms with van der Waals surface area (Å²) in [6.45, 7) is 0. The van der Waals surface area contributed by atoms with Gasteiger partial charge in [0.1, 0.15) is 16.8 Å². The van der Waals surface area contributed by atoms with Crippen LogP contribution in [0, 0.1) is 11.3 Å². The molecule has 0 fully saturated rings. The van der Waals surface area contributed by atoms with E-state index in [0.29, 0.717) is 11.4 Å². The minimum Gasteiger partial charge on any atom is -0.216 e. The van der Waals surface area contributed by atoms with Crippen LogP contribution in [0.4, 0.5) is 0 Å². The summed E-state index contributed by atoms with van der Waals surface area (Å²) in [5.41, 5.74) is 2.14. The molecule has 0 spiro atoms. The lowest BCUT2D eigenvalue weighted by Gasteiger charge is -1.96. The third-order valence-electron chi connectivity index (χ3n) is 3.30. The molecular formula is C16H10N4S2. The van der Waals surface area contributed by atoms with Gasteiger partial charge in [-0.15, -0.1) is 11.3 Å². The Morgan fingerprint density at radius 1 is 1.14 bits per heavy atom. The maximum atomic E-state index is 9.49. The van der Waals surface area contributed by atoms with Gasteiger partial charge >= 0.3 is 0 Å². The highest BCUT2D eigenvalue weighted by Gasteiger charge is 2.17. The van der Waals surface area contributed by atoms with Gasteiger partial charge in [0.15, 0.2) is 5.69 Å². The summed E-state index contributed by atoms with van der Waals surface area (Å²) in [6.07, 6.45) is 0.789. The number of thiophene rings is 1. The summed E-state index contributed by atoms with van der Waals surface area (Å²) in [5.74, 6) is 0. The molecule has 4 nitrogen and oxygen atoms in total. The van der Waals surface area contributed by atoms with E-state index in [2.05, 4.69) is 27.6 Å². The average molecular weight is 322 g/mol. The Morgan fingerprint density at radius 3 is 2.73 bits per heavy atom. The molecule has 22 heavy (non-hydrogen) atoms. The lowest BCUT2D eigenvalue weighted by molar-refractivity contribution is 0.912. The molecule has 0 atom stereocenters.